The average Bonchev–Trinajstić information content (AvgIpc) is 2.37. The molecule has 1 aromatic rings. The Morgan fingerprint density at radius 1 is 1.41 bits per heavy atom. The van der Waals surface area contributed by atoms with E-state index in [0.717, 1.165) is 26.2 Å². The summed E-state index contributed by atoms with van der Waals surface area (Å²) in [5.74, 6) is -0.424. The predicted octanol–water partition coefficient (Wildman–Crippen LogP) is 1.42. The summed E-state index contributed by atoms with van der Waals surface area (Å²) in [7, 11) is 0. The van der Waals surface area contributed by atoms with E-state index in [1.54, 1.807) is 12.1 Å². The molecule has 0 radical (unpaired) electrons. The van der Waals surface area contributed by atoms with Gasteiger partial charge >= 0.3 is 0 Å². The lowest BCUT2D eigenvalue weighted by molar-refractivity contribution is 0.108. The molecular weight excluding hydrogens is 243 g/mol. The van der Waals surface area contributed by atoms with E-state index >= 15 is 0 Å². The predicted molar refractivity (Wildman–Crippen MR) is 65.7 cm³/mol. The molecule has 1 aliphatic rings. The van der Waals surface area contributed by atoms with Crippen molar-refractivity contribution >= 4 is 11.6 Å². The van der Waals surface area contributed by atoms with Crippen molar-refractivity contribution in [1.82, 2.24) is 10.2 Å². The number of hydrogen-bond donors (Lipinski definition) is 2. The molecular formula is C12H16ClFN2O. The zero-order chi connectivity index (χ0) is 12.3. The molecule has 0 aliphatic carbocycles. The minimum Gasteiger partial charge on any atom is -0.394 e. The highest BCUT2D eigenvalue weighted by molar-refractivity contribution is 6.30. The van der Waals surface area contributed by atoms with Crippen LogP contribution in [0.4, 0.5) is 4.39 Å². The summed E-state index contributed by atoms with van der Waals surface area (Å²) in [6.07, 6.45) is 0. The van der Waals surface area contributed by atoms with Gasteiger partial charge in [0, 0.05) is 31.7 Å². The summed E-state index contributed by atoms with van der Waals surface area (Å²) in [5.41, 5.74) is 0.474. The molecule has 2 rings (SSSR count). The van der Waals surface area contributed by atoms with Crippen molar-refractivity contribution in [2.45, 2.75) is 6.04 Å². The Bertz CT molecular complexity index is 383. The lowest BCUT2D eigenvalue weighted by Gasteiger charge is -2.34. The van der Waals surface area contributed by atoms with Gasteiger partial charge in [-0.2, -0.15) is 0 Å². The molecule has 1 saturated heterocycles. The van der Waals surface area contributed by atoms with Gasteiger partial charge in [0.25, 0.3) is 0 Å². The fourth-order valence-electron chi connectivity index (χ4n) is 2.18. The number of benzene rings is 1. The summed E-state index contributed by atoms with van der Waals surface area (Å²) < 4.78 is 13.9. The van der Waals surface area contributed by atoms with Crippen molar-refractivity contribution in [2.75, 3.05) is 32.8 Å². The summed E-state index contributed by atoms with van der Waals surface area (Å²) in [4.78, 5) is 2.07. The van der Waals surface area contributed by atoms with E-state index in [0.29, 0.717) is 5.56 Å². The second kappa shape index (κ2) is 5.78. The molecule has 1 atom stereocenters. The van der Waals surface area contributed by atoms with Crippen LogP contribution in [-0.2, 0) is 0 Å². The van der Waals surface area contributed by atoms with Crippen molar-refractivity contribution in [1.29, 1.82) is 0 Å². The number of piperazine rings is 1. The van der Waals surface area contributed by atoms with Crippen LogP contribution in [0.1, 0.15) is 11.6 Å². The van der Waals surface area contributed by atoms with Crippen molar-refractivity contribution in [3.8, 4) is 0 Å². The van der Waals surface area contributed by atoms with Crippen molar-refractivity contribution < 1.29 is 9.50 Å². The maximum absolute atomic E-state index is 13.9. The first-order chi connectivity index (χ1) is 8.24. The Kier molecular flexibility index (Phi) is 4.34. The molecule has 1 aliphatic heterocycles. The molecule has 2 N–H and O–H groups in total. The van der Waals surface area contributed by atoms with Crippen molar-refractivity contribution in [3.63, 3.8) is 0 Å². The summed E-state index contributed by atoms with van der Waals surface area (Å²) in [5, 5.41) is 12.8. The minimum absolute atomic E-state index is 0.0999. The van der Waals surface area contributed by atoms with Crippen molar-refractivity contribution in [3.05, 3.63) is 34.6 Å². The monoisotopic (exact) mass is 258 g/mol. The van der Waals surface area contributed by atoms with Crippen LogP contribution in [0.15, 0.2) is 18.2 Å². The Labute approximate surface area is 105 Å². The van der Waals surface area contributed by atoms with Crippen molar-refractivity contribution in [2.24, 2.45) is 0 Å². The number of aliphatic hydroxyl groups is 1. The summed E-state index contributed by atoms with van der Waals surface area (Å²) in [6, 6.07) is 4.61. The summed E-state index contributed by atoms with van der Waals surface area (Å²) in [6.45, 7) is 3.23. The smallest absolute Gasteiger partial charge is 0.146 e. The van der Waals surface area contributed by atoms with Crippen LogP contribution >= 0.6 is 11.6 Å². The maximum Gasteiger partial charge on any atom is 0.146 e. The highest BCUT2D eigenvalue weighted by Gasteiger charge is 2.24. The number of halogens is 2. The fraction of sp³-hybridized carbons (Fsp3) is 0.500. The highest BCUT2D eigenvalue weighted by Crippen LogP contribution is 2.27. The van der Waals surface area contributed by atoms with Gasteiger partial charge in [0.15, 0.2) is 0 Å². The fourth-order valence-corrected chi connectivity index (χ4v) is 2.36. The number of nitrogens with one attached hydrogen (secondary N) is 1. The highest BCUT2D eigenvalue weighted by atomic mass is 35.5. The number of hydrogen-bond acceptors (Lipinski definition) is 3. The minimum atomic E-state index is -0.424. The first-order valence-corrected chi connectivity index (χ1v) is 6.11. The molecule has 0 spiro atoms. The van der Waals surface area contributed by atoms with Crippen LogP contribution in [-0.4, -0.2) is 42.8 Å². The zero-order valence-corrected chi connectivity index (χ0v) is 10.3. The van der Waals surface area contributed by atoms with Crippen LogP contribution in [0.5, 0.6) is 0 Å². The second-order valence-corrected chi connectivity index (χ2v) is 4.53. The standard InChI is InChI=1S/C12H16ClFN2O/c13-10-3-1-2-9(12(10)14)11(8-17)16-6-4-15-5-7-16/h1-3,11,15,17H,4-8H2. The molecule has 1 fully saturated rings. The lowest BCUT2D eigenvalue weighted by atomic mass is 10.0. The van der Waals surface area contributed by atoms with Gasteiger partial charge in [-0.3, -0.25) is 4.90 Å². The molecule has 1 aromatic carbocycles. The maximum atomic E-state index is 13.9. The van der Waals surface area contributed by atoms with Crippen LogP contribution in [0.2, 0.25) is 5.02 Å². The molecule has 17 heavy (non-hydrogen) atoms. The van der Waals surface area contributed by atoms with E-state index in [1.165, 1.54) is 6.07 Å². The van der Waals surface area contributed by atoms with Gasteiger partial charge in [0.2, 0.25) is 0 Å². The van der Waals surface area contributed by atoms with E-state index in [1.807, 2.05) is 0 Å². The molecule has 1 unspecified atom stereocenters. The summed E-state index contributed by atoms with van der Waals surface area (Å²) >= 11 is 5.77. The lowest BCUT2D eigenvalue weighted by Crippen LogP contribution is -2.46. The third-order valence-electron chi connectivity index (χ3n) is 3.11. The average molecular weight is 259 g/mol. The van der Waals surface area contributed by atoms with Crippen LogP contribution < -0.4 is 5.32 Å². The van der Waals surface area contributed by atoms with Gasteiger partial charge in [0.05, 0.1) is 17.7 Å². The molecule has 5 heteroatoms. The Morgan fingerprint density at radius 2 is 2.12 bits per heavy atom. The third-order valence-corrected chi connectivity index (χ3v) is 3.40. The van der Waals surface area contributed by atoms with E-state index in [9.17, 15) is 9.50 Å². The molecule has 94 valence electrons. The van der Waals surface area contributed by atoms with Gasteiger partial charge in [0.1, 0.15) is 5.82 Å². The number of aliphatic hydroxyl groups excluding tert-OH is 1. The zero-order valence-electron chi connectivity index (χ0n) is 9.50. The van der Waals surface area contributed by atoms with Crippen LogP contribution in [0.3, 0.4) is 0 Å². The molecule has 0 bridgehead atoms. The van der Waals surface area contributed by atoms with Gasteiger partial charge in [-0.15, -0.1) is 0 Å². The second-order valence-electron chi connectivity index (χ2n) is 4.13. The van der Waals surface area contributed by atoms with Gasteiger partial charge in [-0.05, 0) is 6.07 Å². The van der Waals surface area contributed by atoms with Crippen LogP contribution in [0, 0.1) is 5.82 Å². The van der Waals surface area contributed by atoms with Gasteiger partial charge in [-0.25, -0.2) is 4.39 Å². The van der Waals surface area contributed by atoms with E-state index in [-0.39, 0.29) is 17.7 Å². The molecule has 0 saturated carbocycles. The Hall–Kier alpha value is -0.680. The molecule has 3 nitrogen and oxygen atoms in total. The topological polar surface area (TPSA) is 35.5 Å². The number of nitrogens with zero attached hydrogens (tertiary/aromatic N) is 1. The van der Waals surface area contributed by atoms with E-state index < -0.39 is 5.82 Å². The number of rotatable bonds is 3. The van der Waals surface area contributed by atoms with E-state index in [2.05, 4.69) is 10.2 Å². The third kappa shape index (κ3) is 2.77. The SMILES string of the molecule is OCC(c1cccc(Cl)c1F)N1CCNCC1. The molecule has 0 amide bonds. The molecule has 0 aromatic heterocycles. The Balaban J connectivity index is 2.24. The molecule has 1 heterocycles. The van der Waals surface area contributed by atoms with Crippen LogP contribution in [0.25, 0.3) is 0 Å². The van der Waals surface area contributed by atoms with Gasteiger partial charge in [-0.1, -0.05) is 23.7 Å². The first-order valence-electron chi connectivity index (χ1n) is 5.73. The van der Waals surface area contributed by atoms with E-state index in [4.69, 9.17) is 11.6 Å². The quantitative estimate of drug-likeness (QED) is 0.861. The largest absolute Gasteiger partial charge is 0.394 e. The van der Waals surface area contributed by atoms with Gasteiger partial charge < -0.3 is 10.4 Å². The first kappa shape index (κ1) is 12.8. The normalized spacial score (nSPS) is 19.2. The Morgan fingerprint density at radius 3 is 2.76 bits per heavy atom.